The van der Waals surface area contributed by atoms with Gasteiger partial charge in [0.05, 0.1) is 17.8 Å². The Kier molecular flexibility index (Phi) is 5.02. The highest BCUT2D eigenvalue weighted by molar-refractivity contribution is 7.11. The molecule has 0 aliphatic carbocycles. The minimum Gasteiger partial charge on any atom is -0.480 e. The van der Waals surface area contributed by atoms with Crippen molar-refractivity contribution in [2.24, 2.45) is 0 Å². The van der Waals surface area contributed by atoms with Gasteiger partial charge in [-0.25, -0.2) is 9.78 Å². The molecule has 1 amide bonds. The first-order valence-electron chi connectivity index (χ1n) is 5.74. The molecule has 0 saturated carbocycles. The maximum absolute atomic E-state index is 12.1. The quantitative estimate of drug-likeness (QED) is 0.851. The fourth-order valence-electron chi connectivity index (χ4n) is 1.51. The van der Waals surface area contributed by atoms with Crippen molar-refractivity contribution in [1.29, 1.82) is 0 Å². The number of hydrogen-bond donors (Lipinski definition) is 2. The van der Waals surface area contributed by atoms with Crippen LogP contribution in [0.4, 0.5) is 0 Å². The Morgan fingerprint density at radius 3 is 2.63 bits per heavy atom. The Bertz CT molecular complexity index is 465. The molecule has 0 bridgehead atoms. The normalized spacial score (nSPS) is 13.1. The van der Waals surface area contributed by atoms with E-state index in [9.17, 15) is 9.59 Å². The molecule has 0 fully saturated rings. The van der Waals surface area contributed by atoms with E-state index in [1.165, 1.54) is 18.4 Å². The van der Waals surface area contributed by atoms with E-state index in [2.05, 4.69) is 10.3 Å². The van der Waals surface area contributed by atoms with Gasteiger partial charge in [0.15, 0.2) is 6.04 Å². The molecule has 2 N–H and O–H groups in total. The molecular formula is C12H18N2O4S. The first-order valence-corrected chi connectivity index (χ1v) is 6.62. The number of thiazole rings is 1. The van der Waals surface area contributed by atoms with Crippen molar-refractivity contribution >= 4 is 23.2 Å². The number of carboxylic acid groups (broad SMARTS) is 1. The molecular weight excluding hydrogens is 268 g/mol. The molecule has 6 nitrogen and oxygen atoms in total. The number of amides is 1. The summed E-state index contributed by atoms with van der Waals surface area (Å²) in [5, 5.41) is 11.4. The van der Waals surface area contributed by atoms with Crippen LogP contribution in [0.5, 0.6) is 0 Å². The third-order valence-electron chi connectivity index (χ3n) is 2.42. The van der Waals surface area contributed by atoms with Crippen molar-refractivity contribution in [2.75, 3.05) is 13.7 Å². The second kappa shape index (κ2) is 6.12. The van der Waals surface area contributed by atoms with Crippen molar-refractivity contribution in [3.63, 3.8) is 0 Å². The van der Waals surface area contributed by atoms with E-state index in [4.69, 9.17) is 9.84 Å². The zero-order valence-electron chi connectivity index (χ0n) is 11.4. The molecule has 1 unspecified atom stereocenters. The zero-order valence-corrected chi connectivity index (χ0v) is 12.2. The van der Waals surface area contributed by atoms with Gasteiger partial charge in [0.25, 0.3) is 5.91 Å². The fraction of sp³-hybridized carbons (Fsp3) is 0.583. The monoisotopic (exact) mass is 286 g/mol. The van der Waals surface area contributed by atoms with Crippen molar-refractivity contribution in [3.05, 3.63) is 16.1 Å². The number of hydrogen-bond acceptors (Lipinski definition) is 5. The Morgan fingerprint density at radius 2 is 2.16 bits per heavy atom. The van der Waals surface area contributed by atoms with E-state index in [0.29, 0.717) is 10.6 Å². The van der Waals surface area contributed by atoms with Crippen LogP contribution in [0.15, 0.2) is 5.51 Å². The van der Waals surface area contributed by atoms with Crippen LogP contribution in [0.2, 0.25) is 0 Å². The summed E-state index contributed by atoms with van der Waals surface area (Å²) in [5.41, 5.74) is 1.98. The van der Waals surface area contributed by atoms with Gasteiger partial charge in [-0.2, -0.15) is 0 Å². The van der Waals surface area contributed by atoms with Crippen molar-refractivity contribution in [2.45, 2.75) is 32.2 Å². The molecule has 0 spiro atoms. The highest BCUT2D eigenvalue weighted by Gasteiger charge is 2.27. The predicted molar refractivity (Wildman–Crippen MR) is 71.6 cm³/mol. The number of carbonyl (C=O) groups excluding carboxylic acids is 1. The number of methoxy groups -OCH3 is 1. The first kappa shape index (κ1) is 15.6. The van der Waals surface area contributed by atoms with E-state index in [-0.39, 0.29) is 12.0 Å². The Labute approximate surface area is 115 Å². The maximum Gasteiger partial charge on any atom is 0.328 e. The standard InChI is InChI=1S/C12H18N2O4S/c1-12(2,3)9-8(19-6-13-9)10(15)14-7(5-18-4)11(16)17/h6-7H,5H2,1-4H3,(H,14,15)(H,16,17). The Hall–Kier alpha value is -1.47. The minimum atomic E-state index is -1.13. The summed E-state index contributed by atoms with van der Waals surface area (Å²) in [6.07, 6.45) is 0. The summed E-state index contributed by atoms with van der Waals surface area (Å²) in [6.45, 7) is 5.76. The minimum absolute atomic E-state index is 0.0786. The van der Waals surface area contributed by atoms with E-state index in [1.54, 1.807) is 5.51 Å². The number of carboxylic acids is 1. The van der Waals surface area contributed by atoms with Crippen molar-refractivity contribution < 1.29 is 19.4 Å². The smallest absolute Gasteiger partial charge is 0.328 e. The third kappa shape index (κ3) is 4.00. The van der Waals surface area contributed by atoms with Gasteiger partial charge in [0, 0.05) is 12.5 Å². The number of rotatable bonds is 5. The lowest BCUT2D eigenvalue weighted by atomic mass is 9.91. The van der Waals surface area contributed by atoms with Gasteiger partial charge >= 0.3 is 5.97 Å². The van der Waals surface area contributed by atoms with E-state index in [0.717, 1.165) is 0 Å². The molecule has 1 heterocycles. The summed E-state index contributed by atoms with van der Waals surface area (Å²) in [5.74, 6) is -1.56. The molecule has 7 heteroatoms. The summed E-state index contributed by atoms with van der Waals surface area (Å²) in [6, 6.07) is -1.06. The number of ether oxygens (including phenoxy) is 1. The molecule has 0 aromatic carbocycles. The Morgan fingerprint density at radius 1 is 1.53 bits per heavy atom. The highest BCUT2D eigenvalue weighted by Crippen LogP contribution is 2.27. The van der Waals surface area contributed by atoms with Gasteiger partial charge in [0.2, 0.25) is 0 Å². The van der Waals surface area contributed by atoms with Gasteiger partial charge in [-0.15, -0.1) is 11.3 Å². The number of carbonyl (C=O) groups is 2. The van der Waals surface area contributed by atoms with Crippen LogP contribution in [-0.2, 0) is 14.9 Å². The zero-order chi connectivity index (χ0) is 14.6. The Balaban J connectivity index is 2.89. The number of nitrogens with zero attached hydrogens (tertiary/aromatic N) is 1. The molecule has 106 valence electrons. The first-order chi connectivity index (χ1) is 8.77. The molecule has 1 rings (SSSR count). The summed E-state index contributed by atoms with van der Waals surface area (Å²) in [7, 11) is 1.38. The van der Waals surface area contributed by atoms with Crippen LogP contribution >= 0.6 is 11.3 Å². The molecule has 1 atom stereocenters. The van der Waals surface area contributed by atoms with E-state index < -0.39 is 17.9 Å². The third-order valence-corrected chi connectivity index (χ3v) is 3.25. The van der Waals surface area contributed by atoms with Crippen molar-refractivity contribution in [3.8, 4) is 0 Å². The summed E-state index contributed by atoms with van der Waals surface area (Å²) in [4.78, 5) is 27.7. The van der Waals surface area contributed by atoms with Crippen molar-refractivity contribution in [1.82, 2.24) is 10.3 Å². The van der Waals surface area contributed by atoms with Crippen LogP contribution in [0.25, 0.3) is 0 Å². The number of aromatic nitrogens is 1. The molecule has 1 aromatic heterocycles. The number of aliphatic carboxylic acids is 1. The van der Waals surface area contributed by atoms with Crippen LogP contribution in [0, 0.1) is 0 Å². The largest absolute Gasteiger partial charge is 0.480 e. The lowest BCUT2D eigenvalue weighted by molar-refractivity contribution is -0.140. The van der Waals surface area contributed by atoms with Gasteiger partial charge in [0.1, 0.15) is 4.88 Å². The molecule has 19 heavy (non-hydrogen) atoms. The SMILES string of the molecule is COCC(NC(=O)c1scnc1C(C)(C)C)C(=O)O. The van der Waals surface area contributed by atoms with Crippen LogP contribution in [0.1, 0.15) is 36.1 Å². The molecule has 0 radical (unpaired) electrons. The average molecular weight is 286 g/mol. The van der Waals surface area contributed by atoms with E-state index >= 15 is 0 Å². The summed E-state index contributed by atoms with van der Waals surface area (Å²) >= 11 is 1.20. The molecule has 0 aliphatic heterocycles. The second-order valence-corrected chi connectivity index (χ2v) is 5.95. The summed E-state index contributed by atoms with van der Waals surface area (Å²) < 4.78 is 4.77. The van der Waals surface area contributed by atoms with Gasteiger partial charge in [-0.1, -0.05) is 20.8 Å². The topological polar surface area (TPSA) is 88.5 Å². The lowest BCUT2D eigenvalue weighted by Gasteiger charge is -2.18. The van der Waals surface area contributed by atoms with Crippen LogP contribution in [0.3, 0.4) is 0 Å². The van der Waals surface area contributed by atoms with Gasteiger partial charge < -0.3 is 15.2 Å². The fourth-order valence-corrected chi connectivity index (χ4v) is 2.41. The molecule has 0 saturated heterocycles. The predicted octanol–water partition coefficient (Wildman–Crippen LogP) is 1.27. The number of nitrogens with one attached hydrogen (secondary N) is 1. The maximum atomic E-state index is 12.1. The van der Waals surface area contributed by atoms with Gasteiger partial charge in [-0.3, -0.25) is 4.79 Å². The van der Waals surface area contributed by atoms with E-state index in [1.807, 2.05) is 20.8 Å². The average Bonchev–Trinajstić information content (AvgIpc) is 2.76. The highest BCUT2D eigenvalue weighted by atomic mass is 32.1. The second-order valence-electron chi connectivity index (χ2n) is 5.10. The molecule has 0 aliphatic rings. The van der Waals surface area contributed by atoms with Crippen LogP contribution in [-0.4, -0.2) is 41.7 Å². The molecule has 1 aromatic rings. The van der Waals surface area contributed by atoms with Gasteiger partial charge in [-0.05, 0) is 0 Å². The lowest BCUT2D eigenvalue weighted by Crippen LogP contribution is -2.44. The van der Waals surface area contributed by atoms with Crippen LogP contribution < -0.4 is 5.32 Å².